The van der Waals surface area contributed by atoms with Crippen LogP contribution in [-0.2, 0) is 23.5 Å². The molecule has 10 heteroatoms. The number of ether oxygens (including phenoxy) is 1. The standard InChI is InChI=1S/C18H29F3O5SSi/c1-12-8-7-9-13(26-28(5,6)17(2,3)4)15-11-16(14(10-12)24-15)25-27(22,23)18(19,20)21/h8,11,13-15H,7,9-10H2,1-6H3/b12-8+/t13-,14+,15+/m0/s1. The third-order valence-electron chi connectivity index (χ3n) is 5.53. The zero-order chi connectivity index (χ0) is 21.5. The molecule has 0 fully saturated rings. The van der Waals surface area contributed by atoms with Gasteiger partial charge in [-0.3, -0.25) is 0 Å². The third kappa shape index (κ3) is 5.20. The molecule has 0 aromatic heterocycles. The maximum atomic E-state index is 12.8. The van der Waals surface area contributed by atoms with Crippen molar-refractivity contribution in [2.75, 3.05) is 0 Å². The Balaban J connectivity index is 2.34. The summed E-state index contributed by atoms with van der Waals surface area (Å²) >= 11 is 0. The fourth-order valence-electron chi connectivity index (χ4n) is 2.88. The molecule has 0 aromatic rings. The van der Waals surface area contributed by atoms with E-state index < -0.39 is 36.2 Å². The van der Waals surface area contributed by atoms with Crippen LogP contribution in [0, 0.1) is 0 Å². The lowest BCUT2D eigenvalue weighted by Gasteiger charge is -2.40. The zero-order valence-corrected chi connectivity index (χ0v) is 18.9. The third-order valence-corrected chi connectivity index (χ3v) is 11.0. The summed E-state index contributed by atoms with van der Waals surface area (Å²) in [7, 11) is -7.92. The Morgan fingerprint density at radius 1 is 1.21 bits per heavy atom. The molecular formula is C18H29F3O5SSi. The molecule has 0 N–H and O–H groups in total. The lowest BCUT2D eigenvalue weighted by molar-refractivity contribution is -0.0549. The molecule has 162 valence electrons. The van der Waals surface area contributed by atoms with Crippen LogP contribution >= 0.6 is 0 Å². The maximum absolute atomic E-state index is 12.8. The topological polar surface area (TPSA) is 61.8 Å². The van der Waals surface area contributed by atoms with Gasteiger partial charge in [0.15, 0.2) is 8.32 Å². The second-order valence-corrected chi connectivity index (χ2v) is 15.2. The number of fused-ring (bicyclic) bond motifs is 2. The van der Waals surface area contributed by atoms with Gasteiger partial charge in [0.2, 0.25) is 0 Å². The van der Waals surface area contributed by atoms with E-state index in [1.807, 2.05) is 13.0 Å². The van der Waals surface area contributed by atoms with Crippen molar-refractivity contribution in [3.63, 3.8) is 0 Å². The van der Waals surface area contributed by atoms with E-state index in [0.717, 1.165) is 12.0 Å². The van der Waals surface area contributed by atoms with Crippen LogP contribution in [-0.4, -0.2) is 40.6 Å². The van der Waals surface area contributed by atoms with Gasteiger partial charge in [0, 0.05) is 6.42 Å². The van der Waals surface area contributed by atoms with Crippen LogP contribution in [0.5, 0.6) is 0 Å². The van der Waals surface area contributed by atoms with Crippen LogP contribution in [0.15, 0.2) is 23.5 Å². The lowest BCUT2D eigenvalue weighted by atomic mass is 10.0. The molecule has 2 rings (SSSR count). The molecule has 0 amide bonds. The van der Waals surface area contributed by atoms with Gasteiger partial charge in [-0.1, -0.05) is 32.4 Å². The van der Waals surface area contributed by atoms with Crippen molar-refractivity contribution in [2.24, 2.45) is 0 Å². The van der Waals surface area contributed by atoms with E-state index in [0.29, 0.717) is 6.42 Å². The predicted octanol–water partition coefficient (Wildman–Crippen LogP) is 5.02. The Labute approximate surface area is 166 Å². The molecule has 2 aliphatic heterocycles. The Morgan fingerprint density at radius 2 is 1.82 bits per heavy atom. The summed E-state index contributed by atoms with van der Waals surface area (Å²) in [5.41, 5.74) is -4.59. The quantitative estimate of drug-likeness (QED) is 0.265. The van der Waals surface area contributed by atoms with E-state index >= 15 is 0 Å². The fourth-order valence-corrected chi connectivity index (χ4v) is 4.75. The van der Waals surface area contributed by atoms with E-state index in [2.05, 4.69) is 38.0 Å². The number of alkyl halides is 3. The minimum Gasteiger partial charge on any atom is -0.411 e. The molecule has 2 aliphatic rings. The molecule has 28 heavy (non-hydrogen) atoms. The highest BCUT2D eigenvalue weighted by atomic mass is 32.2. The van der Waals surface area contributed by atoms with Gasteiger partial charge in [-0.25, -0.2) is 0 Å². The minimum atomic E-state index is -5.75. The smallest absolute Gasteiger partial charge is 0.411 e. The monoisotopic (exact) mass is 442 g/mol. The van der Waals surface area contributed by atoms with Crippen molar-refractivity contribution >= 4 is 18.4 Å². The first-order valence-electron chi connectivity index (χ1n) is 9.25. The summed E-state index contributed by atoms with van der Waals surface area (Å²) in [6.07, 6.45) is 3.04. The SMILES string of the molecule is C/C1=C\CC[C@H](O[Si](C)(C)C(C)(C)C)[C@H]2C=C(OS(=O)(=O)C(F)(F)F)[C@@H](C1)O2. The zero-order valence-electron chi connectivity index (χ0n) is 17.1. The highest BCUT2D eigenvalue weighted by Gasteiger charge is 2.51. The molecule has 2 heterocycles. The van der Waals surface area contributed by atoms with Crippen LogP contribution in [0.2, 0.25) is 18.1 Å². The highest BCUT2D eigenvalue weighted by Crippen LogP contribution is 2.41. The summed E-state index contributed by atoms with van der Waals surface area (Å²) < 4.78 is 78.0. The molecule has 0 saturated carbocycles. The van der Waals surface area contributed by atoms with Crippen molar-refractivity contribution in [3.05, 3.63) is 23.5 Å². The van der Waals surface area contributed by atoms with Crippen molar-refractivity contribution in [1.82, 2.24) is 0 Å². The van der Waals surface area contributed by atoms with Gasteiger partial charge in [-0.05, 0) is 44.0 Å². The summed E-state index contributed by atoms with van der Waals surface area (Å²) in [6.45, 7) is 12.3. The molecule has 0 unspecified atom stereocenters. The normalized spacial score (nSPS) is 29.2. The van der Waals surface area contributed by atoms with Crippen LogP contribution in [0.25, 0.3) is 0 Å². The van der Waals surface area contributed by atoms with Crippen LogP contribution < -0.4 is 0 Å². The van der Waals surface area contributed by atoms with Gasteiger partial charge < -0.3 is 13.3 Å². The van der Waals surface area contributed by atoms with Crippen LogP contribution in [0.3, 0.4) is 0 Å². The van der Waals surface area contributed by atoms with E-state index in [-0.39, 0.29) is 23.3 Å². The molecular weight excluding hydrogens is 413 g/mol. The van der Waals surface area contributed by atoms with Crippen molar-refractivity contribution in [3.8, 4) is 0 Å². The summed E-state index contributed by atoms with van der Waals surface area (Å²) in [6, 6.07) is 0. The molecule has 0 aliphatic carbocycles. The second-order valence-electron chi connectivity index (χ2n) is 8.89. The largest absolute Gasteiger partial charge is 0.534 e. The minimum absolute atomic E-state index is 0.0577. The summed E-state index contributed by atoms with van der Waals surface area (Å²) in [5.74, 6) is -0.319. The number of hydrogen-bond acceptors (Lipinski definition) is 5. The highest BCUT2D eigenvalue weighted by molar-refractivity contribution is 7.87. The van der Waals surface area contributed by atoms with Gasteiger partial charge in [0.25, 0.3) is 0 Å². The molecule has 0 aromatic carbocycles. The Hall–Kier alpha value is -0.843. The first-order chi connectivity index (χ1) is 12.5. The fraction of sp³-hybridized carbons (Fsp3) is 0.778. The van der Waals surface area contributed by atoms with Crippen molar-refractivity contribution in [2.45, 2.75) is 88.9 Å². The Morgan fingerprint density at radius 3 is 2.36 bits per heavy atom. The van der Waals surface area contributed by atoms with Crippen LogP contribution in [0.1, 0.15) is 47.0 Å². The van der Waals surface area contributed by atoms with Gasteiger partial charge in [0.1, 0.15) is 18.0 Å². The van der Waals surface area contributed by atoms with Gasteiger partial charge in [-0.15, -0.1) is 0 Å². The predicted molar refractivity (Wildman–Crippen MR) is 102 cm³/mol. The van der Waals surface area contributed by atoms with Crippen LogP contribution in [0.4, 0.5) is 13.2 Å². The maximum Gasteiger partial charge on any atom is 0.534 e. The van der Waals surface area contributed by atoms with Crippen molar-refractivity contribution < 1.29 is 34.9 Å². The summed E-state index contributed by atoms with van der Waals surface area (Å²) in [5, 5.41) is -0.0577. The first-order valence-corrected chi connectivity index (χ1v) is 13.6. The van der Waals surface area contributed by atoms with Gasteiger partial charge >= 0.3 is 15.6 Å². The lowest BCUT2D eigenvalue weighted by Crippen LogP contribution is -2.47. The van der Waals surface area contributed by atoms with E-state index in [4.69, 9.17) is 9.16 Å². The Bertz CT molecular complexity index is 750. The van der Waals surface area contributed by atoms with E-state index in [1.54, 1.807) is 0 Å². The molecule has 0 spiro atoms. The van der Waals surface area contributed by atoms with E-state index in [9.17, 15) is 21.6 Å². The molecule has 0 radical (unpaired) electrons. The Kier molecular flexibility index (Phi) is 6.50. The van der Waals surface area contributed by atoms with Gasteiger partial charge in [0.05, 0.1) is 6.10 Å². The molecule has 0 saturated heterocycles. The van der Waals surface area contributed by atoms with Gasteiger partial charge in [-0.2, -0.15) is 21.6 Å². The van der Waals surface area contributed by atoms with Crippen molar-refractivity contribution in [1.29, 1.82) is 0 Å². The van der Waals surface area contributed by atoms with E-state index in [1.165, 1.54) is 6.08 Å². The number of allylic oxidation sites excluding steroid dienone is 1. The number of rotatable bonds is 4. The molecule has 2 bridgehead atoms. The number of hydrogen-bond donors (Lipinski definition) is 0. The average Bonchev–Trinajstić information content (AvgIpc) is 2.87. The molecule has 5 nitrogen and oxygen atoms in total. The first kappa shape index (κ1) is 23.4. The summed E-state index contributed by atoms with van der Waals surface area (Å²) in [4.78, 5) is 0. The number of halogens is 3. The second kappa shape index (κ2) is 7.77. The average molecular weight is 443 g/mol. The molecule has 3 atom stereocenters.